The van der Waals surface area contributed by atoms with Gasteiger partial charge in [0.1, 0.15) is 0 Å². The Bertz CT molecular complexity index is 279. The first-order chi connectivity index (χ1) is 7.25. The van der Waals surface area contributed by atoms with Crippen molar-refractivity contribution in [3.05, 3.63) is 0 Å². The molecule has 3 nitrogen and oxygen atoms in total. The lowest BCUT2D eigenvalue weighted by molar-refractivity contribution is -0.136. The van der Waals surface area contributed by atoms with E-state index in [1.54, 1.807) is 0 Å². The molecule has 16 heavy (non-hydrogen) atoms. The molecule has 0 aromatic heterocycles. The molecule has 2 heterocycles. The molecule has 0 spiro atoms. The Hall–Kier alpha value is -0.280. The minimum atomic E-state index is 0. The molecule has 1 N–H and O–H groups in total. The van der Waals surface area contributed by atoms with E-state index in [9.17, 15) is 4.79 Å². The predicted molar refractivity (Wildman–Crippen MR) is 65.6 cm³/mol. The van der Waals surface area contributed by atoms with Crippen LogP contribution in [0.5, 0.6) is 0 Å². The lowest BCUT2D eigenvalue weighted by Gasteiger charge is -2.23. The molecule has 1 saturated carbocycles. The first kappa shape index (κ1) is 12.2. The Balaban J connectivity index is 0.000000963. The van der Waals surface area contributed by atoms with E-state index in [1.807, 2.05) is 0 Å². The molecular weight excluding hydrogens is 224 g/mol. The number of halogens is 1. The zero-order chi connectivity index (χ0) is 10.5. The van der Waals surface area contributed by atoms with E-state index in [0.717, 1.165) is 57.3 Å². The van der Waals surface area contributed by atoms with Crippen LogP contribution in [0.3, 0.4) is 0 Å². The summed E-state index contributed by atoms with van der Waals surface area (Å²) in [5.74, 6) is 1.93. The van der Waals surface area contributed by atoms with E-state index in [1.165, 1.54) is 0 Å². The number of hydrogen-bond donors (Lipinski definition) is 1. The third-order valence-electron chi connectivity index (χ3n) is 4.66. The molecule has 0 bridgehead atoms. The Kier molecular flexibility index (Phi) is 3.19. The molecular formula is C12H21ClN2O. The number of carbonyl (C=O) groups excluding carboxylic acids is 1. The summed E-state index contributed by atoms with van der Waals surface area (Å²) < 4.78 is 0. The molecule has 0 radical (unpaired) electrons. The maximum Gasteiger partial charge on any atom is 0.228 e. The molecule has 2 saturated heterocycles. The highest BCUT2D eigenvalue weighted by Crippen LogP contribution is 2.50. The topological polar surface area (TPSA) is 32.3 Å². The third kappa shape index (κ3) is 1.74. The maximum absolute atomic E-state index is 12.3. The van der Waals surface area contributed by atoms with Crippen molar-refractivity contribution in [2.45, 2.75) is 26.2 Å². The molecule has 0 unspecified atom stereocenters. The van der Waals surface area contributed by atoms with Crippen LogP contribution in [0.2, 0.25) is 0 Å². The summed E-state index contributed by atoms with van der Waals surface area (Å²) in [5.41, 5.74) is 0.0755. The summed E-state index contributed by atoms with van der Waals surface area (Å²) in [4.78, 5) is 14.4. The smallest absolute Gasteiger partial charge is 0.228 e. The molecule has 2 atom stereocenters. The van der Waals surface area contributed by atoms with Crippen molar-refractivity contribution in [1.82, 2.24) is 10.2 Å². The second kappa shape index (κ2) is 4.19. The van der Waals surface area contributed by atoms with Crippen LogP contribution in [0.4, 0.5) is 0 Å². The Labute approximate surface area is 103 Å². The van der Waals surface area contributed by atoms with Crippen LogP contribution in [-0.4, -0.2) is 37.0 Å². The van der Waals surface area contributed by atoms with Gasteiger partial charge in [0.2, 0.25) is 5.91 Å². The fourth-order valence-corrected chi connectivity index (χ4v) is 3.23. The number of amides is 1. The largest absolute Gasteiger partial charge is 0.342 e. The predicted octanol–water partition coefficient (Wildman–Crippen LogP) is 1.28. The summed E-state index contributed by atoms with van der Waals surface area (Å²) in [7, 11) is 0. The normalized spacial score (nSPS) is 34.4. The van der Waals surface area contributed by atoms with Crippen LogP contribution < -0.4 is 5.32 Å². The Morgan fingerprint density at radius 1 is 1.31 bits per heavy atom. The number of fused-ring (bicyclic) bond motifs is 1. The average Bonchev–Trinajstić information content (AvgIpc) is 2.74. The zero-order valence-corrected chi connectivity index (χ0v) is 10.7. The number of likely N-dealkylation sites (tertiary alicyclic amines) is 1. The van der Waals surface area contributed by atoms with Gasteiger partial charge in [-0.3, -0.25) is 4.79 Å². The summed E-state index contributed by atoms with van der Waals surface area (Å²) >= 11 is 0. The molecule has 1 amide bonds. The Morgan fingerprint density at radius 2 is 1.88 bits per heavy atom. The van der Waals surface area contributed by atoms with Crippen LogP contribution in [0.25, 0.3) is 0 Å². The van der Waals surface area contributed by atoms with Crippen LogP contribution in [0.15, 0.2) is 0 Å². The highest BCUT2D eigenvalue weighted by atomic mass is 35.5. The van der Waals surface area contributed by atoms with Gasteiger partial charge in [-0.1, -0.05) is 6.92 Å². The van der Waals surface area contributed by atoms with Gasteiger partial charge in [0.25, 0.3) is 0 Å². The van der Waals surface area contributed by atoms with Gasteiger partial charge >= 0.3 is 0 Å². The van der Waals surface area contributed by atoms with Gasteiger partial charge in [0.15, 0.2) is 0 Å². The van der Waals surface area contributed by atoms with Crippen molar-refractivity contribution in [3.8, 4) is 0 Å². The molecule has 1 aliphatic carbocycles. The van der Waals surface area contributed by atoms with Gasteiger partial charge in [-0.2, -0.15) is 0 Å². The van der Waals surface area contributed by atoms with Crippen molar-refractivity contribution in [1.29, 1.82) is 0 Å². The number of rotatable bonds is 2. The van der Waals surface area contributed by atoms with Gasteiger partial charge in [-0.05, 0) is 31.1 Å². The zero-order valence-electron chi connectivity index (χ0n) is 9.87. The summed E-state index contributed by atoms with van der Waals surface area (Å²) in [5, 5.41) is 3.41. The maximum atomic E-state index is 12.3. The first-order valence-corrected chi connectivity index (χ1v) is 6.25. The molecule has 3 aliphatic rings. The van der Waals surface area contributed by atoms with Crippen LogP contribution in [0.1, 0.15) is 26.2 Å². The molecule has 0 aromatic rings. The fraction of sp³-hybridized carbons (Fsp3) is 0.917. The SMILES string of the molecule is CCC1(C(=O)N2C[C@H]3CNC[C@H]3C2)CC1.Cl. The summed E-state index contributed by atoms with van der Waals surface area (Å²) in [6.07, 6.45) is 3.30. The summed E-state index contributed by atoms with van der Waals surface area (Å²) in [6, 6.07) is 0. The fourth-order valence-electron chi connectivity index (χ4n) is 3.23. The lowest BCUT2D eigenvalue weighted by atomic mass is 10.0. The number of nitrogens with zero attached hydrogens (tertiary/aromatic N) is 1. The minimum absolute atomic E-state index is 0. The van der Waals surface area contributed by atoms with Gasteiger partial charge in [0, 0.05) is 31.6 Å². The number of nitrogens with one attached hydrogen (secondary N) is 1. The molecule has 2 aliphatic heterocycles. The van der Waals surface area contributed by atoms with Crippen molar-refractivity contribution >= 4 is 18.3 Å². The number of carbonyl (C=O) groups is 1. The molecule has 92 valence electrons. The highest BCUT2D eigenvalue weighted by Gasteiger charge is 2.52. The minimum Gasteiger partial charge on any atom is -0.342 e. The second-order valence-electron chi connectivity index (χ2n) is 5.52. The standard InChI is InChI=1S/C12H20N2O.ClH/c1-2-12(3-4-12)11(15)14-7-9-5-13-6-10(9)8-14;/h9-10,13H,2-8H2,1H3;1H/t9-,10+;. The number of hydrogen-bond acceptors (Lipinski definition) is 2. The van der Waals surface area contributed by atoms with Crippen molar-refractivity contribution in [3.63, 3.8) is 0 Å². The van der Waals surface area contributed by atoms with E-state index in [0.29, 0.717) is 5.91 Å². The van der Waals surface area contributed by atoms with Crippen LogP contribution >= 0.6 is 12.4 Å². The van der Waals surface area contributed by atoms with Crippen LogP contribution in [-0.2, 0) is 4.79 Å². The van der Waals surface area contributed by atoms with Crippen molar-refractivity contribution in [2.75, 3.05) is 26.2 Å². The van der Waals surface area contributed by atoms with Gasteiger partial charge in [-0.15, -0.1) is 12.4 Å². The van der Waals surface area contributed by atoms with Crippen LogP contribution in [0, 0.1) is 17.3 Å². The summed E-state index contributed by atoms with van der Waals surface area (Å²) in [6.45, 7) is 6.42. The second-order valence-corrected chi connectivity index (χ2v) is 5.52. The first-order valence-electron chi connectivity index (χ1n) is 6.25. The van der Waals surface area contributed by atoms with Crippen molar-refractivity contribution in [2.24, 2.45) is 17.3 Å². The van der Waals surface area contributed by atoms with Gasteiger partial charge in [-0.25, -0.2) is 0 Å². The molecule has 3 rings (SSSR count). The highest BCUT2D eigenvalue weighted by molar-refractivity contribution is 5.85. The monoisotopic (exact) mass is 244 g/mol. The van der Waals surface area contributed by atoms with Gasteiger partial charge < -0.3 is 10.2 Å². The molecule has 3 fully saturated rings. The van der Waals surface area contributed by atoms with Crippen molar-refractivity contribution < 1.29 is 4.79 Å². The molecule has 0 aromatic carbocycles. The third-order valence-corrected chi connectivity index (χ3v) is 4.66. The van der Waals surface area contributed by atoms with E-state index in [2.05, 4.69) is 17.1 Å². The van der Waals surface area contributed by atoms with E-state index in [-0.39, 0.29) is 17.8 Å². The average molecular weight is 245 g/mol. The van der Waals surface area contributed by atoms with E-state index < -0.39 is 0 Å². The Morgan fingerprint density at radius 3 is 2.31 bits per heavy atom. The van der Waals surface area contributed by atoms with E-state index >= 15 is 0 Å². The quantitative estimate of drug-likeness (QED) is 0.794. The van der Waals surface area contributed by atoms with E-state index in [4.69, 9.17) is 0 Å². The van der Waals surface area contributed by atoms with Gasteiger partial charge in [0.05, 0.1) is 0 Å². The lowest BCUT2D eigenvalue weighted by Crippen LogP contribution is -2.37. The molecule has 4 heteroatoms.